The third kappa shape index (κ3) is 3.44. The van der Waals surface area contributed by atoms with E-state index in [9.17, 15) is 0 Å². The number of furan rings is 1. The molecule has 3 nitrogen and oxygen atoms in total. The average molecular weight is 277 g/mol. The molecule has 0 spiro atoms. The van der Waals surface area contributed by atoms with Crippen molar-refractivity contribution in [1.29, 1.82) is 0 Å². The van der Waals surface area contributed by atoms with Gasteiger partial charge in [-0.25, -0.2) is 0 Å². The van der Waals surface area contributed by atoms with Crippen molar-refractivity contribution in [1.82, 2.24) is 4.90 Å². The highest BCUT2D eigenvalue weighted by Crippen LogP contribution is 2.31. The Morgan fingerprint density at radius 2 is 2.10 bits per heavy atom. The smallest absolute Gasteiger partial charge is 0.121 e. The molecule has 0 N–H and O–H groups in total. The Hall–Kier alpha value is -0.800. The first-order chi connectivity index (χ1) is 9.83. The molecule has 3 heterocycles. The monoisotopic (exact) mass is 277 g/mol. The fourth-order valence-corrected chi connectivity index (χ4v) is 3.57. The molecule has 2 aliphatic rings. The van der Waals surface area contributed by atoms with Crippen LogP contribution >= 0.6 is 0 Å². The van der Waals surface area contributed by atoms with Crippen LogP contribution < -0.4 is 0 Å². The fourth-order valence-electron chi connectivity index (χ4n) is 3.57. The van der Waals surface area contributed by atoms with Gasteiger partial charge in [0.15, 0.2) is 0 Å². The van der Waals surface area contributed by atoms with Crippen molar-refractivity contribution in [2.24, 2.45) is 0 Å². The SMILES string of the molecule is Cc1ccc(C2CCCCCN2CCC2CCCO2)o1. The quantitative estimate of drug-likeness (QED) is 0.829. The van der Waals surface area contributed by atoms with Crippen LogP contribution in [-0.2, 0) is 4.74 Å². The van der Waals surface area contributed by atoms with Gasteiger partial charge in [0, 0.05) is 13.2 Å². The fraction of sp³-hybridized carbons (Fsp3) is 0.765. The van der Waals surface area contributed by atoms with Gasteiger partial charge >= 0.3 is 0 Å². The van der Waals surface area contributed by atoms with Gasteiger partial charge in [-0.1, -0.05) is 12.8 Å². The van der Waals surface area contributed by atoms with E-state index in [0.29, 0.717) is 12.1 Å². The van der Waals surface area contributed by atoms with Crippen molar-refractivity contribution in [2.45, 2.75) is 64.0 Å². The number of hydrogen-bond acceptors (Lipinski definition) is 3. The Morgan fingerprint density at radius 3 is 2.85 bits per heavy atom. The zero-order chi connectivity index (χ0) is 13.8. The van der Waals surface area contributed by atoms with Crippen LogP contribution in [-0.4, -0.2) is 30.7 Å². The molecule has 0 aromatic carbocycles. The number of ether oxygens (including phenoxy) is 1. The van der Waals surface area contributed by atoms with Crippen LogP contribution in [0.1, 0.15) is 62.5 Å². The Bertz CT molecular complexity index is 409. The average Bonchev–Trinajstić information content (AvgIpc) is 3.05. The van der Waals surface area contributed by atoms with Crippen LogP contribution in [0.2, 0.25) is 0 Å². The highest BCUT2D eigenvalue weighted by Gasteiger charge is 2.26. The number of rotatable bonds is 4. The molecular weight excluding hydrogens is 250 g/mol. The summed E-state index contributed by atoms with van der Waals surface area (Å²) in [5.74, 6) is 2.19. The molecule has 0 aliphatic carbocycles. The summed E-state index contributed by atoms with van der Waals surface area (Å²) in [4.78, 5) is 2.63. The lowest BCUT2D eigenvalue weighted by molar-refractivity contribution is 0.0814. The van der Waals surface area contributed by atoms with E-state index in [1.165, 1.54) is 51.5 Å². The maximum absolute atomic E-state index is 5.91. The summed E-state index contributed by atoms with van der Waals surface area (Å²) in [6.07, 6.45) is 9.39. The standard InChI is InChI=1S/C17H27NO2/c1-14-8-9-17(20-14)16-7-3-2-4-11-18(16)12-10-15-6-5-13-19-15/h8-9,15-16H,2-7,10-13H2,1H3. The Morgan fingerprint density at radius 1 is 1.15 bits per heavy atom. The molecule has 2 atom stereocenters. The van der Waals surface area contributed by atoms with Gasteiger partial charge in [0.2, 0.25) is 0 Å². The summed E-state index contributed by atoms with van der Waals surface area (Å²) in [6.45, 7) is 5.36. The lowest BCUT2D eigenvalue weighted by Gasteiger charge is -2.29. The van der Waals surface area contributed by atoms with Crippen molar-refractivity contribution in [2.75, 3.05) is 19.7 Å². The van der Waals surface area contributed by atoms with Crippen molar-refractivity contribution in [3.63, 3.8) is 0 Å². The lowest BCUT2D eigenvalue weighted by Crippen LogP contribution is -2.31. The first-order valence-corrected chi connectivity index (χ1v) is 8.25. The second-order valence-corrected chi connectivity index (χ2v) is 6.27. The molecular formula is C17H27NO2. The molecule has 0 radical (unpaired) electrons. The molecule has 2 unspecified atom stereocenters. The van der Waals surface area contributed by atoms with E-state index >= 15 is 0 Å². The van der Waals surface area contributed by atoms with Gasteiger partial charge in [-0.15, -0.1) is 0 Å². The van der Waals surface area contributed by atoms with E-state index < -0.39 is 0 Å². The van der Waals surface area contributed by atoms with Gasteiger partial charge in [-0.05, 0) is 57.7 Å². The van der Waals surface area contributed by atoms with Crippen molar-refractivity contribution in [3.05, 3.63) is 23.7 Å². The van der Waals surface area contributed by atoms with Gasteiger partial charge in [-0.3, -0.25) is 4.90 Å². The van der Waals surface area contributed by atoms with Gasteiger partial charge in [-0.2, -0.15) is 0 Å². The summed E-state index contributed by atoms with van der Waals surface area (Å²) in [7, 11) is 0. The largest absolute Gasteiger partial charge is 0.465 e. The Kier molecular flexibility index (Phi) is 4.79. The summed E-state index contributed by atoms with van der Waals surface area (Å²) >= 11 is 0. The lowest BCUT2D eigenvalue weighted by atomic mass is 10.1. The van der Waals surface area contributed by atoms with Crippen LogP contribution in [0, 0.1) is 6.92 Å². The van der Waals surface area contributed by atoms with E-state index in [1.54, 1.807) is 0 Å². The maximum atomic E-state index is 5.91. The molecule has 1 aromatic rings. The molecule has 112 valence electrons. The number of likely N-dealkylation sites (tertiary alicyclic amines) is 1. The third-order valence-electron chi connectivity index (χ3n) is 4.72. The summed E-state index contributed by atoms with van der Waals surface area (Å²) in [5.41, 5.74) is 0. The maximum Gasteiger partial charge on any atom is 0.121 e. The second kappa shape index (κ2) is 6.77. The first kappa shape index (κ1) is 14.2. The second-order valence-electron chi connectivity index (χ2n) is 6.27. The van der Waals surface area contributed by atoms with Crippen molar-refractivity contribution < 1.29 is 9.15 Å². The Labute approximate surface area is 122 Å². The van der Waals surface area contributed by atoms with Crippen LogP contribution in [0.25, 0.3) is 0 Å². The molecule has 0 amide bonds. The molecule has 0 saturated carbocycles. The zero-order valence-corrected chi connectivity index (χ0v) is 12.6. The van der Waals surface area contributed by atoms with Gasteiger partial charge in [0.05, 0.1) is 12.1 Å². The normalized spacial score (nSPS) is 28.6. The highest BCUT2D eigenvalue weighted by atomic mass is 16.5. The number of nitrogens with zero attached hydrogens (tertiary/aromatic N) is 1. The minimum atomic E-state index is 0.479. The topological polar surface area (TPSA) is 25.6 Å². The van der Waals surface area contributed by atoms with Crippen molar-refractivity contribution in [3.8, 4) is 0 Å². The molecule has 3 rings (SSSR count). The predicted octanol–water partition coefficient (Wildman–Crippen LogP) is 4.07. The molecule has 2 aliphatic heterocycles. The van der Waals surface area contributed by atoms with E-state index in [1.807, 2.05) is 6.92 Å². The van der Waals surface area contributed by atoms with E-state index in [2.05, 4.69) is 17.0 Å². The van der Waals surface area contributed by atoms with Gasteiger partial charge in [0.25, 0.3) is 0 Å². The van der Waals surface area contributed by atoms with Gasteiger partial charge in [0.1, 0.15) is 11.5 Å². The van der Waals surface area contributed by atoms with E-state index in [4.69, 9.17) is 9.15 Å². The minimum Gasteiger partial charge on any atom is -0.465 e. The number of hydrogen-bond donors (Lipinski definition) is 0. The molecule has 20 heavy (non-hydrogen) atoms. The summed E-state index contributed by atoms with van der Waals surface area (Å²) in [5, 5.41) is 0. The minimum absolute atomic E-state index is 0.479. The van der Waals surface area contributed by atoms with E-state index in [-0.39, 0.29) is 0 Å². The number of aryl methyl sites for hydroxylation is 1. The molecule has 3 heteroatoms. The Balaban J connectivity index is 1.63. The third-order valence-corrected chi connectivity index (χ3v) is 4.72. The molecule has 2 fully saturated rings. The van der Waals surface area contributed by atoms with Gasteiger partial charge < -0.3 is 9.15 Å². The van der Waals surface area contributed by atoms with Crippen LogP contribution in [0.15, 0.2) is 16.5 Å². The zero-order valence-electron chi connectivity index (χ0n) is 12.6. The predicted molar refractivity (Wildman–Crippen MR) is 79.8 cm³/mol. The van der Waals surface area contributed by atoms with Crippen LogP contribution in [0.5, 0.6) is 0 Å². The molecule has 1 aromatic heterocycles. The molecule has 0 bridgehead atoms. The van der Waals surface area contributed by atoms with Crippen molar-refractivity contribution >= 4 is 0 Å². The summed E-state index contributed by atoms with van der Waals surface area (Å²) < 4.78 is 11.7. The van der Waals surface area contributed by atoms with Crippen LogP contribution in [0.4, 0.5) is 0 Å². The van der Waals surface area contributed by atoms with Crippen LogP contribution in [0.3, 0.4) is 0 Å². The van der Waals surface area contributed by atoms with E-state index in [0.717, 1.165) is 24.7 Å². The highest BCUT2D eigenvalue weighted by molar-refractivity contribution is 5.10. The first-order valence-electron chi connectivity index (χ1n) is 8.25. The molecule has 2 saturated heterocycles. The summed E-state index contributed by atoms with van der Waals surface area (Å²) in [6, 6.07) is 4.75.